The summed E-state index contributed by atoms with van der Waals surface area (Å²) in [7, 11) is 0.196. The Kier molecular flexibility index (Phi) is 3.97. The first-order valence-electron chi connectivity index (χ1n) is 4.60. The molecule has 0 aliphatic carbocycles. The summed E-state index contributed by atoms with van der Waals surface area (Å²) in [5, 5.41) is 0. The zero-order chi connectivity index (χ0) is 10.4. The largest absolute Gasteiger partial charge is 0.419 e. The van der Waals surface area contributed by atoms with E-state index in [9.17, 15) is 0 Å². The fourth-order valence-electron chi connectivity index (χ4n) is 0.876. The summed E-state index contributed by atoms with van der Waals surface area (Å²) in [5.74, 6) is 0. The highest BCUT2D eigenvalue weighted by Crippen LogP contribution is 2.02. The van der Waals surface area contributed by atoms with Gasteiger partial charge in [-0.05, 0) is 25.2 Å². The molecule has 14 heavy (non-hydrogen) atoms. The number of aliphatic imine (C=N–C) groups is 1. The molecule has 0 N–H and O–H groups in total. The van der Waals surface area contributed by atoms with Gasteiger partial charge >= 0.3 is 0 Å². The highest BCUT2D eigenvalue weighted by atomic mass is 28.4. The van der Waals surface area contributed by atoms with E-state index in [1.54, 1.807) is 19.5 Å². The molecule has 0 atom stereocenters. The molecule has 3 nitrogen and oxygen atoms in total. The van der Waals surface area contributed by atoms with Gasteiger partial charge in [0.05, 0.1) is 11.9 Å². The molecular weight excluding hydrogens is 192 g/mol. The lowest BCUT2D eigenvalue weighted by Gasteiger charge is -2.16. The molecule has 1 heterocycles. The number of aromatic nitrogens is 1. The quantitative estimate of drug-likeness (QED) is 0.559. The van der Waals surface area contributed by atoms with E-state index >= 15 is 0 Å². The standard InChI is InChI=1S/C10H16N2OSi/c1-13-14(2,3)9-11-8-10-6-4-5-7-12-10/h4-8H,9H2,1-3H3. The molecule has 0 aliphatic heterocycles. The molecule has 0 bridgehead atoms. The first-order chi connectivity index (χ1) is 6.64. The first kappa shape index (κ1) is 11.1. The molecule has 0 aliphatic rings. The van der Waals surface area contributed by atoms with Crippen LogP contribution in [-0.2, 0) is 4.43 Å². The third-order valence-corrected chi connectivity index (χ3v) is 3.99. The topological polar surface area (TPSA) is 34.5 Å². The van der Waals surface area contributed by atoms with Gasteiger partial charge in [0.2, 0.25) is 8.32 Å². The predicted octanol–water partition coefficient (Wildman–Crippen LogP) is 1.89. The number of rotatable bonds is 4. The highest BCUT2D eigenvalue weighted by Gasteiger charge is 2.18. The molecule has 0 saturated heterocycles. The zero-order valence-electron chi connectivity index (χ0n) is 8.90. The normalized spacial score (nSPS) is 12.2. The monoisotopic (exact) mass is 208 g/mol. The number of hydrogen-bond acceptors (Lipinski definition) is 3. The van der Waals surface area contributed by atoms with Crippen molar-refractivity contribution in [2.75, 3.05) is 13.3 Å². The minimum absolute atomic E-state index is 0.778. The van der Waals surface area contributed by atoms with Crippen LogP contribution in [0.2, 0.25) is 13.1 Å². The van der Waals surface area contributed by atoms with Gasteiger partial charge in [-0.25, -0.2) is 0 Å². The van der Waals surface area contributed by atoms with Crippen LogP contribution in [-0.4, -0.2) is 32.8 Å². The molecule has 0 saturated carbocycles. The van der Waals surface area contributed by atoms with Crippen LogP contribution in [0.3, 0.4) is 0 Å². The fraction of sp³-hybridized carbons (Fsp3) is 0.400. The van der Waals surface area contributed by atoms with E-state index < -0.39 is 8.32 Å². The van der Waals surface area contributed by atoms with Gasteiger partial charge in [-0.1, -0.05) is 6.07 Å². The Labute approximate surface area is 86.0 Å². The Morgan fingerprint density at radius 1 is 1.50 bits per heavy atom. The second-order valence-electron chi connectivity index (χ2n) is 3.69. The number of pyridine rings is 1. The van der Waals surface area contributed by atoms with Crippen molar-refractivity contribution in [1.82, 2.24) is 4.98 Å². The van der Waals surface area contributed by atoms with Crippen molar-refractivity contribution >= 4 is 14.5 Å². The van der Waals surface area contributed by atoms with Gasteiger partial charge in [-0.15, -0.1) is 0 Å². The van der Waals surface area contributed by atoms with E-state index in [1.165, 1.54) is 0 Å². The summed E-state index contributed by atoms with van der Waals surface area (Å²) < 4.78 is 5.38. The molecule has 76 valence electrons. The van der Waals surface area contributed by atoms with Crippen LogP contribution in [0.1, 0.15) is 5.69 Å². The van der Waals surface area contributed by atoms with Gasteiger partial charge in [0.25, 0.3) is 0 Å². The molecule has 4 heteroatoms. The second kappa shape index (κ2) is 5.02. The molecule has 1 aromatic rings. The lowest BCUT2D eigenvalue weighted by molar-refractivity contribution is 0.405. The Hall–Kier alpha value is -1.00. The molecule has 0 aromatic carbocycles. The SMILES string of the molecule is CO[Si](C)(C)CN=Cc1ccccn1. The van der Waals surface area contributed by atoms with Crippen molar-refractivity contribution in [1.29, 1.82) is 0 Å². The van der Waals surface area contributed by atoms with Crippen molar-refractivity contribution in [3.63, 3.8) is 0 Å². The van der Waals surface area contributed by atoms with Crippen molar-refractivity contribution in [3.8, 4) is 0 Å². The summed E-state index contributed by atoms with van der Waals surface area (Å²) in [6, 6.07) is 5.78. The van der Waals surface area contributed by atoms with Crippen LogP contribution < -0.4 is 0 Å². The van der Waals surface area contributed by atoms with Crippen LogP contribution in [0.5, 0.6) is 0 Å². The molecule has 1 rings (SSSR count). The summed E-state index contributed by atoms with van der Waals surface area (Å²) in [6.07, 6.45) is 4.34. The van der Waals surface area contributed by atoms with Crippen LogP contribution in [0.25, 0.3) is 0 Å². The Morgan fingerprint density at radius 2 is 2.29 bits per heavy atom. The third kappa shape index (κ3) is 3.80. The smallest absolute Gasteiger partial charge is 0.207 e. The highest BCUT2D eigenvalue weighted by molar-refractivity contribution is 6.71. The fourth-order valence-corrected chi connectivity index (χ4v) is 1.54. The Bertz CT molecular complexity index is 298. The van der Waals surface area contributed by atoms with E-state index in [4.69, 9.17) is 4.43 Å². The van der Waals surface area contributed by atoms with Crippen molar-refractivity contribution < 1.29 is 4.43 Å². The van der Waals surface area contributed by atoms with Crippen LogP contribution >= 0.6 is 0 Å². The minimum atomic E-state index is -1.56. The maximum atomic E-state index is 5.38. The van der Waals surface area contributed by atoms with Gasteiger partial charge in [-0.3, -0.25) is 9.98 Å². The van der Waals surface area contributed by atoms with Crippen LogP contribution in [0.15, 0.2) is 29.4 Å². The maximum Gasteiger partial charge on any atom is 0.207 e. The predicted molar refractivity (Wildman–Crippen MR) is 61.2 cm³/mol. The second-order valence-corrected chi connectivity index (χ2v) is 7.93. The van der Waals surface area contributed by atoms with Gasteiger partial charge in [0.15, 0.2) is 0 Å². The van der Waals surface area contributed by atoms with Crippen molar-refractivity contribution in [2.24, 2.45) is 4.99 Å². The average Bonchev–Trinajstić information content (AvgIpc) is 2.19. The van der Waals surface area contributed by atoms with Crippen molar-refractivity contribution in [2.45, 2.75) is 13.1 Å². The van der Waals surface area contributed by atoms with Crippen LogP contribution in [0.4, 0.5) is 0 Å². The molecular formula is C10H16N2OSi. The maximum absolute atomic E-state index is 5.38. The van der Waals surface area contributed by atoms with Crippen LogP contribution in [0, 0.1) is 0 Å². The van der Waals surface area contributed by atoms with E-state index in [-0.39, 0.29) is 0 Å². The number of hydrogen-bond donors (Lipinski definition) is 0. The van der Waals surface area contributed by atoms with E-state index in [1.807, 2.05) is 18.2 Å². The summed E-state index contributed by atoms with van der Waals surface area (Å²) in [6.45, 7) is 4.28. The zero-order valence-corrected chi connectivity index (χ0v) is 9.90. The summed E-state index contributed by atoms with van der Waals surface area (Å²) >= 11 is 0. The molecule has 0 fully saturated rings. The summed E-state index contributed by atoms with van der Waals surface area (Å²) in [4.78, 5) is 8.48. The van der Waals surface area contributed by atoms with E-state index in [0.29, 0.717) is 0 Å². The molecule has 0 amide bonds. The average molecular weight is 208 g/mol. The molecule has 0 radical (unpaired) electrons. The van der Waals surface area contributed by atoms with E-state index in [0.717, 1.165) is 11.9 Å². The third-order valence-electron chi connectivity index (χ3n) is 1.94. The lowest BCUT2D eigenvalue weighted by atomic mass is 10.4. The lowest BCUT2D eigenvalue weighted by Crippen LogP contribution is -2.33. The molecule has 0 spiro atoms. The Morgan fingerprint density at radius 3 is 2.86 bits per heavy atom. The van der Waals surface area contributed by atoms with Gasteiger partial charge in [0, 0.05) is 19.5 Å². The van der Waals surface area contributed by atoms with Gasteiger partial charge in [0.1, 0.15) is 0 Å². The molecule has 1 aromatic heterocycles. The summed E-state index contributed by atoms with van der Waals surface area (Å²) in [5.41, 5.74) is 0.897. The first-order valence-corrected chi connectivity index (χ1v) is 7.71. The molecule has 0 unspecified atom stereocenters. The van der Waals surface area contributed by atoms with Crippen molar-refractivity contribution in [3.05, 3.63) is 30.1 Å². The van der Waals surface area contributed by atoms with Gasteiger partial charge < -0.3 is 4.43 Å². The Balaban J connectivity index is 2.50. The number of nitrogens with zero attached hydrogens (tertiary/aromatic N) is 2. The van der Waals surface area contributed by atoms with E-state index in [2.05, 4.69) is 23.1 Å². The minimum Gasteiger partial charge on any atom is -0.419 e. The van der Waals surface area contributed by atoms with Gasteiger partial charge in [-0.2, -0.15) is 0 Å².